The normalized spacial score (nSPS) is 25.8. The van der Waals surface area contributed by atoms with E-state index in [4.69, 9.17) is 4.74 Å². The minimum atomic E-state index is -0.683. The third-order valence-electron chi connectivity index (χ3n) is 7.73. The maximum atomic E-state index is 14.0. The molecule has 33 heavy (non-hydrogen) atoms. The Bertz CT molecular complexity index is 584. The van der Waals surface area contributed by atoms with Crippen molar-refractivity contribution in [1.82, 2.24) is 10.2 Å². The number of hydrogen-bond acceptors (Lipinski definition) is 3. The van der Waals surface area contributed by atoms with E-state index in [-0.39, 0.29) is 17.0 Å². The van der Waals surface area contributed by atoms with Crippen LogP contribution in [0.4, 0.5) is 0 Å². The van der Waals surface area contributed by atoms with Gasteiger partial charge in [0.05, 0.1) is 0 Å². The number of piperidine rings is 1. The molecule has 1 unspecified atom stereocenters. The number of rotatable bonds is 15. The monoisotopic (exact) mass is 464 g/mol. The summed E-state index contributed by atoms with van der Waals surface area (Å²) in [6, 6.07) is 0. The van der Waals surface area contributed by atoms with Crippen molar-refractivity contribution < 1.29 is 9.53 Å². The van der Waals surface area contributed by atoms with Crippen molar-refractivity contribution in [2.45, 2.75) is 174 Å². The Morgan fingerprint density at radius 2 is 1.18 bits per heavy atom. The van der Waals surface area contributed by atoms with E-state index in [9.17, 15) is 4.79 Å². The lowest BCUT2D eigenvalue weighted by molar-refractivity contribution is -0.165. The fraction of sp³-hybridized carbons (Fsp3) is 0.966. The SMILES string of the molecule is CCCCCCCCCCCC1(C)OC2(CC(C)(C)NC(C)(C)C2)C(=O)N1CCCCCC. The first-order valence-corrected chi connectivity index (χ1v) is 14.3. The molecule has 0 bridgehead atoms. The molecule has 2 rings (SSSR count). The second-order valence-electron chi connectivity index (χ2n) is 12.6. The number of hydrogen-bond donors (Lipinski definition) is 1. The van der Waals surface area contributed by atoms with E-state index in [1.165, 1.54) is 70.6 Å². The summed E-state index contributed by atoms with van der Waals surface area (Å²) in [6.45, 7) is 16.4. The fourth-order valence-corrected chi connectivity index (χ4v) is 6.68. The summed E-state index contributed by atoms with van der Waals surface area (Å²) < 4.78 is 6.94. The van der Waals surface area contributed by atoms with Crippen LogP contribution in [0, 0.1) is 0 Å². The molecule has 2 fully saturated rings. The quantitative estimate of drug-likeness (QED) is 0.252. The summed E-state index contributed by atoms with van der Waals surface area (Å²) in [7, 11) is 0. The number of carbonyl (C=O) groups excluding carboxylic acids is 1. The molecule has 0 aromatic carbocycles. The maximum Gasteiger partial charge on any atom is 0.257 e. The molecule has 0 aliphatic carbocycles. The van der Waals surface area contributed by atoms with Gasteiger partial charge in [-0.1, -0.05) is 84.5 Å². The van der Waals surface area contributed by atoms with Crippen molar-refractivity contribution in [2.75, 3.05) is 6.54 Å². The highest BCUT2D eigenvalue weighted by Gasteiger charge is 2.62. The zero-order chi connectivity index (χ0) is 24.6. The molecule has 1 atom stereocenters. The van der Waals surface area contributed by atoms with Gasteiger partial charge in [0.1, 0.15) is 5.72 Å². The largest absolute Gasteiger partial charge is 0.339 e. The van der Waals surface area contributed by atoms with Crippen LogP contribution in [-0.2, 0) is 9.53 Å². The first-order valence-electron chi connectivity index (χ1n) is 14.3. The number of nitrogens with zero attached hydrogens (tertiary/aromatic N) is 1. The van der Waals surface area contributed by atoms with E-state index in [1.54, 1.807) is 0 Å². The third-order valence-corrected chi connectivity index (χ3v) is 7.73. The van der Waals surface area contributed by atoms with Crippen LogP contribution < -0.4 is 5.32 Å². The van der Waals surface area contributed by atoms with E-state index >= 15 is 0 Å². The standard InChI is InChI=1S/C29H56N2O2/c1-8-10-12-14-15-16-17-18-19-21-28(7)31(22-20-13-11-9-2)25(32)29(33-28)23-26(3,4)30-27(5,6)24-29/h30H,8-24H2,1-7H3. The lowest BCUT2D eigenvalue weighted by atomic mass is 9.72. The zero-order valence-electron chi connectivity index (χ0n) is 23.3. The molecule has 1 amide bonds. The first kappa shape index (κ1) is 28.6. The molecule has 0 aromatic heterocycles. The van der Waals surface area contributed by atoms with Gasteiger partial charge in [-0.3, -0.25) is 4.79 Å². The smallest absolute Gasteiger partial charge is 0.257 e. The Labute approximate surface area is 206 Å². The van der Waals surface area contributed by atoms with Crippen LogP contribution in [0.3, 0.4) is 0 Å². The minimum Gasteiger partial charge on any atom is -0.339 e. The Balaban J connectivity index is 2.01. The van der Waals surface area contributed by atoms with Crippen LogP contribution in [-0.4, -0.2) is 39.8 Å². The molecule has 1 N–H and O–H groups in total. The minimum absolute atomic E-state index is 0.117. The molecule has 4 heteroatoms. The number of ether oxygens (including phenoxy) is 1. The molecule has 0 aromatic rings. The number of unbranched alkanes of at least 4 members (excludes halogenated alkanes) is 11. The topological polar surface area (TPSA) is 41.6 Å². The lowest BCUT2D eigenvalue weighted by Gasteiger charge is -2.50. The van der Waals surface area contributed by atoms with Crippen molar-refractivity contribution in [3.8, 4) is 0 Å². The van der Waals surface area contributed by atoms with Crippen LogP contribution >= 0.6 is 0 Å². The fourth-order valence-electron chi connectivity index (χ4n) is 6.68. The molecular weight excluding hydrogens is 408 g/mol. The van der Waals surface area contributed by atoms with E-state index < -0.39 is 11.3 Å². The molecule has 2 saturated heterocycles. The van der Waals surface area contributed by atoms with Crippen molar-refractivity contribution in [2.24, 2.45) is 0 Å². The predicted octanol–water partition coefficient (Wildman–Crippen LogP) is 7.74. The van der Waals surface area contributed by atoms with Crippen LogP contribution in [0.25, 0.3) is 0 Å². The van der Waals surface area contributed by atoms with Gasteiger partial charge in [0, 0.05) is 30.5 Å². The summed E-state index contributed by atoms with van der Waals surface area (Å²) in [6.07, 6.45) is 19.1. The molecule has 2 heterocycles. The van der Waals surface area contributed by atoms with Crippen molar-refractivity contribution in [3.63, 3.8) is 0 Å². The van der Waals surface area contributed by atoms with Gasteiger partial charge in [-0.05, 0) is 53.9 Å². The highest BCUT2D eigenvalue weighted by molar-refractivity contribution is 5.88. The highest BCUT2D eigenvalue weighted by atomic mass is 16.6. The molecule has 0 saturated carbocycles. The van der Waals surface area contributed by atoms with Gasteiger partial charge in [0.25, 0.3) is 5.91 Å². The summed E-state index contributed by atoms with van der Waals surface area (Å²) in [5.74, 6) is 0.250. The molecule has 0 radical (unpaired) electrons. The van der Waals surface area contributed by atoms with Gasteiger partial charge in [-0.25, -0.2) is 0 Å². The van der Waals surface area contributed by atoms with Gasteiger partial charge in [0.15, 0.2) is 5.60 Å². The van der Waals surface area contributed by atoms with E-state index in [0.717, 1.165) is 38.6 Å². The Hall–Kier alpha value is -0.610. The summed E-state index contributed by atoms with van der Waals surface area (Å²) >= 11 is 0. The molecule has 194 valence electrons. The van der Waals surface area contributed by atoms with Crippen molar-refractivity contribution in [1.29, 1.82) is 0 Å². The summed E-state index contributed by atoms with van der Waals surface area (Å²) in [4.78, 5) is 16.1. The molecule has 2 aliphatic rings. The van der Waals surface area contributed by atoms with Gasteiger partial charge >= 0.3 is 0 Å². The van der Waals surface area contributed by atoms with Crippen LogP contribution in [0.5, 0.6) is 0 Å². The van der Waals surface area contributed by atoms with Crippen LogP contribution in [0.1, 0.15) is 151 Å². The first-order chi connectivity index (χ1) is 15.5. The van der Waals surface area contributed by atoms with Crippen molar-refractivity contribution in [3.05, 3.63) is 0 Å². The Kier molecular flexibility index (Phi) is 10.7. The molecule has 4 nitrogen and oxygen atoms in total. The number of nitrogens with one attached hydrogen (secondary N) is 1. The number of carbonyl (C=O) groups is 1. The molecule has 2 aliphatic heterocycles. The maximum absolute atomic E-state index is 14.0. The van der Waals surface area contributed by atoms with E-state index in [1.807, 2.05) is 0 Å². The zero-order valence-corrected chi connectivity index (χ0v) is 23.3. The van der Waals surface area contributed by atoms with E-state index in [2.05, 4.69) is 58.7 Å². The number of amides is 1. The average Bonchev–Trinajstić information content (AvgIpc) is 2.87. The second kappa shape index (κ2) is 12.4. The lowest BCUT2D eigenvalue weighted by Crippen LogP contribution is -2.65. The predicted molar refractivity (Wildman–Crippen MR) is 140 cm³/mol. The second-order valence-corrected chi connectivity index (χ2v) is 12.6. The average molecular weight is 465 g/mol. The Morgan fingerprint density at radius 1 is 0.727 bits per heavy atom. The Morgan fingerprint density at radius 3 is 1.70 bits per heavy atom. The molecule has 1 spiro atoms. The van der Waals surface area contributed by atoms with Crippen LogP contribution in [0.2, 0.25) is 0 Å². The van der Waals surface area contributed by atoms with Gasteiger partial charge in [-0.15, -0.1) is 0 Å². The highest BCUT2D eigenvalue weighted by Crippen LogP contribution is 2.49. The van der Waals surface area contributed by atoms with Gasteiger partial charge < -0.3 is 15.0 Å². The summed E-state index contributed by atoms with van der Waals surface area (Å²) in [5, 5.41) is 3.74. The summed E-state index contributed by atoms with van der Waals surface area (Å²) in [5.41, 5.74) is -1.38. The van der Waals surface area contributed by atoms with Crippen LogP contribution in [0.15, 0.2) is 0 Å². The van der Waals surface area contributed by atoms with Gasteiger partial charge in [-0.2, -0.15) is 0 Å². The van der Waals surface area contributed by atoms with Crippen molar-refractivity contribution >= 4 is 5.91 Å². The third kappa shape index (κ3) is 8.23. The molecular formula is C29H56N2O2. The van der Waals surface area contributed by atoms with E-state index in [0.29, 0.717) is 0 Å². The van der Waals surface area contributed by atoms with Gasteiger partial charge in [0.2, 0.25) is 0 Å².